The van der Waals surface area contributed by atoms with E-state index in [0.29, 0.717) is 5.56 Å². The summed E-state index contributed by atoms with van der Waals surface area (Å²) in [5, 5.41) is 0. The van der Waals surface area contributed by atoms with Gasteiger partial charge in [0.15, 0.2) is 0 Å². The van der Waals surface area contributed by atoms with Gasteiger partial charge in [-0.25, -0.2) is 4.39 Å². The van der Waals surface area contributed by atoms with E-state index in [1.165, 1.54) is 24.3 Å². The third-order valence-electron chi connectivity index (χ3n) is 3.68. The van der Waals surface area contributed by atoms with Gasteiger partial charge in [0.25, 0.3) is 0 Å². The molecule has 0 spiro atoms. The van der Waals surface area contributed by atoms with Crippen LogP contribution in [0.1, 0.15) is 29.5 Å². The number of hydrogen-bond donors (Lipinski definition) is 0. The van der Waals surface area contributed by atoms with Gasteiger partial charge in [0.05, 0.1) is 5.92 Å². The highest BCUT2D eigenvalue weighted by molar-refractivity contribution is 5.71. The van der Waals surface area contributed by atoms with Crippen LogP contribution in [-0.4, -0.2) is 6.18 Å². The molecule has 0 aliphatic heterocycles. The molecule has 0 saturated carbocycles. The first-order valence-electron chi connectivity index (χ1n) is 6.83. The molecule has 4 heteroatoms. The first-order chi connectivity index (χ1) is 10.2. The molecular weight excluding hydrogens is 292 g/mol. The van der Waals surface area contributed by atoms with Crippen LogP contribution in [0, 0.1) is 12.7 Å². The summed E-state index contributed by atoms with van der Waals surface area (Å²) in [6.07, 6.45) is -2.92. The van der Waals surface area contributed by atoms with Crippen LogP contribution < -0.4 is 0 Å². The molecule has 2 aromatic rings. The molecule has 0 aliphatic rings. The Hall–Kier alpha value is -2.10. The van der Waals surface area contributed by atoms with Crippen LogP contribution in [0.3, 0.4) is 0 Å². The quantitative estimate of drug-likeness (QED) is 0.600. The summed E-state index contributed by atoms with van der Waals surface area (Å²) in [6, 6.07) is 8.99. The number of aryl methyl sites for hydroxylation is 1. The third-order valence-corrected chi connectivity index (χ3v) is 3.68. The number of hydrogen-bond acceptors (Lipinski definition) is 0. The van der Waals surface area contributed by atoms with Crippen molar-refractivity contribution in [1.29, 1.82) is 0 Å². The van der Waals surface area contributed by atoms with E-state index < -0.39 is 17.9 Å². The lowest BCUT2D eigenvalue weighted by Gasteiger charge is -2.20. The second-order valence-corrected chi connectivity index (χ2v) is 5.30. The molecule has 2 rings (SSSR count). The Morgan fingerprint density at radius 3 is 2.32 bits per heavy atom. The molecule has 1 unspecified atom stereocenters. The molecule has 116 valence electrons. The van der Waals surface area contributed by atoms with Gasteiger partial charge in [-0.2, -0.15) is 13.2 Å². The maximum atomic E-state index is 14.1. The molecule has 1 atom stereocenters. The summed E-state index contributed by atoms with van der Waals surface area (Å²) < 4.78 is 53.5. The van der Waals surface area contributed by atoms with Crippen molar-refractivity contribution in [2.45, 2.75) is 25.9 Å². The van der Waals surface area contributed by atoms with E-state index in [4.69, 9.17) is 0 Å². The summed E-state index contributed by atoms with van der Waals surface area (Å²) in [5.74, 6) is -2.23. The predicted octanol–water partition coefficient (Wildman–Crippen LogP) is 6.11. The highest BCUT2D eigenvalue weighted by Gasteiger charge is 2.38. The molecule has 0 radical (unpaired) electrons. The van der Waals surface area contributed by atoms with Crippen LogP contribution in [0.5, 0.6) is 0 Å². The molecule has 2 aromatic carbocycles. The SMILES string of the molecule is C=Cc1ccc(-c2cc(C)ccc2F)c(C(C)C(F)(F)F)c1. The third kappa shape index (κ3) is 3.21. The van der Waals surface area contributed by atoms with Crippen molar-refractivity contribution in [1.82, 2.24) is 0 Å². The van der Waals surface area contributed by atoms with Gasteiger partial charge in [-0.15, -0.1) is 0 Å². The van der Waals surface area contributed by atoms with Crippen LogP contribution in [0.2, 0.25) is 0 Å². The van der Waals surface area contributed by atoms with Crippen molar-refractivity contribution in [3.63, 3.8) is 0 Å². The zero-order valence-corrected chi connectivity index (χ0v) is 12.3. The molecule has 0 amide bonds. The van der Waals surface area contributed by atoms with Crippen LogP contribution >= 0.6 is 0 Å². The molecular formula is C18H16F4. The Kier molecular flexibility index (Phi) is 4.40. The lowest BCUT2D eigenvalue weighted by Crippen LogP contribution is -2.18. The van der Waals surface area contributed by atoms with E-state index in [0.717, 1.165) is 12.5 Å². The fraction of sp³-hybridized carbons (Fsp3) is 0.222. The highest BCUT2D eigenvalue weighted by Crippen LogP contribution is 2.40. The van der Waals surface area contributed by atoms with Crippen LogP contribution in [-0.2, 0) is 0 Å². The smallest absolute Gasteiger partial charge is 0.206 e. The molecule has 22 heavy (non-hydrogen) atoms. The standard InChI is InChI=1S/C18H16F4/c1-4-13-6-7-14(15(10-13)12(3)18(20,21)22)16-9-11(2)5-8-17(16)19/h4-10,12H,1H2,2-3H3. The zero-order chi connectivity index (χ0) is 16.5. The van der Waals surface area contributed by atoms with E-state index in [1.54, 1.807) is 25.1 Å². The van der Waals surface area contributed by atoms with Gasteiger partial charge in [-0.05, 0) is 42.7 Å². The Labute approximate surface area is 127 Å². The highest BCUT2D eigenvalue weighted by atomic mass is 19.4. The Balaban J connectivity index is 2.70. The normalized spacial score (nSPS) is 13.0. The van der Waals surface area contributed by atoms with E-state index >= 15 is 0 Å². The van der Waals surface area contributed by atoms with Crippen molar-refractivity contribution in [3.8, 4) is 11.1 Å². The average molecular weight is 308 g/mol. The summed E-state index contributed by atoms with van der Waals surface area (Å²) >= 11 is 0. The van der Waals surface area contributed by atoms with Crippen molar-refractivity contribution >= 4 is 6.08 Å². The van der Waals surface area contributed by atoms with Crippen LogP contribution in [0.15, 0.2) is 43.0 Å². The summed E-state index contributed by atoms with van der Waals surface area (Å²) in [6.45, 7) is 6.43. The lowest BCUT2D eigenvalue weighted by molar-refractivity contribution is -0.146. The van der Waals surface area contributed by atoms with Gasteiger partial charge < -0.3 is 0 Å². The minimum atomic E-state index is -4.39. The van der Waals surface area contributed by atoms with E-state index in [1.807, 2.05) is 0 Å². The minimum Gasteiger partial charge on any atom is -0.206 e. The first kappa shape index (κ1) is 16.3. The molecule has 0 fully saturated rings. The summed E-state index contributed by atoms with van der Waals surface area (Å²) in [7, 11) is 0. The fourth-order valence-corrected chi connectivity index (χ4v) is 2.33. The fourth-order valence-electron chi connectivity index (χ4n) is 2.33. The van der Waals surface area contributed by atoms with E-state index in [2.05, 4.69) is 6.58 Å². The van der Waals surface area contributed by atoms with Gasteiger partial charge in [0, 0.05) is 5.56 Å². The Morgan fingerprint density at radius 2 is 1.73 bits per heavy atom. The van der Waals surface area contributed by atoms with E-state index in [-0.39, 0.29) is 16.7 Å². The van der Waals surface area contributed by atoms with Crippen molar-refractivity contribution in [2.24, 2.45) is 0 Å². The average Bonchev–Trinajstić information content (AvgIpc) is 2.47. The van der Waals surface area contributed by atoms with Gasteiger partial charge in [-0.1, -0.05) is 42.5 Å². The molecule has 0 saturated heterocycles. The number of halogens is 4. The lowest BCUT2D eigenvalue weighted by atomic mass is 9.89. The van der Waals surface area contributed by atoms with Crippen LogP contribution in [0.4, 0.5) is 17.6 Å². The van der Waals surface area contributed by atoms with Crippen molar-refractivity contribution in [2.75, 3.05) is 0 Å². The number of rotatable bonds is 3. The van der Waals surface area contributed by atoms with E-state index in [9.17, 15) is 17.6 Å². The van der Waals surface area contributed by atoms with Gasteiger partial charge in [0.2, 0.25) is 0 Å². The van der Waals surface area contributed by atoms with Crippen molar-refractivity contribution < 1.29 is 17.6 Å². The monoisotopic (exact) mass is 308 g/mol. The predicted molar refractivity (Wildman–Crippen MR) is 81.1 cm³/mol. The second-order valence-electron chi connectivity index (χ2n) is 5.30. The van der Waals surface area contributed by atoms with Gasteiger partial charge in [0.1, 0.15) is 5.82 Å². The van der Waals surface area contributed by atoms with Gasteiger partial charge >= 0.3 is 6.18 Å². The molecule has 0 heterocycles. The molecule has 0 aromatic heterocycles. The maximum absolute atomic E-state index is 14.1. The molecule has 0 aliphatic carbocycles. The van der Waals surface area contributed by atoms with Crippen LogP contribution in [0.25, 0.3) is 17.2 Å². The number of alkyl halides is 3. The topological polar surface area (TPSA) is 0 Å². The Morgan fingerprint density at radius 1 is 1.05 bits per heavy atom. The summed E-state index contributed by atoms with van der Waals surface area (Å²) in [4.78, 5) is 0. The zero-order valence-electron chi connectivity index (χ0n) is 12.3. The second kappa shape index (κ2) is 5.95. The molecule has 0 bridgehead atoms. The largest absolute Gasteiger partial charge is 0.395 e. The first-order valence-corrected chi connectivity index (χ1v) is 6.83. The minimum absolute atomic E-state index is 0.0504. The number of benzene rings is 2. The maximum Gasteiger partial charge on any atom is 0.395 e. The molecule has 0 nitrogen and oxygen atoms in total. The Bertz CT molecular complexity index is 699. The molecule has 0 N–H and O–H groups in total. The summed E-state index contributed by atoms with van der Waals surface area (Å²) in [5.41, 5.74) is 1.85. The van der Waals surface area contributed by atoms with Crippen molar-refractivity contribution in [3.05, 3.63) is 65.5 Å². The van der Waals surface area contributed by atoms with Gasteiger partial charge in [-0.3, -0.25) is 0 Å².